The molecule has 3 aromatic carbocycles. The van der Waals surface area contributed by atoms with Crippen LogP contribution in [0.25, 0.3) is 0 Å². The summed E-state index contributed by atoms with van der Waals surface area (Å²) in [5, 5.41) is 11.3. The van der Waals surface area contributed by atoms with E-state index >= 15 is 0 Å². The van der Waals surface area contributed by atoms with Crippen LogP contribution in [0.2, 0.25) is 0 Å². The van der Waals surface area contributed by atoms with Crippen LogP contribution < -0.4 is 15.4 Å². The molecule has 1 aliphatic carbocycles. The fourth-order valence-electron chi connectivity index (χ4n) is 9.23. The number of benzene rings is 3. The zero-order valence-corrected chi connectivity index (χ0v) is 40.8. The van der Waals surface area contributed by atoms with Gasteiger partial charge in [-0.2, -0.15) is 0 Å². The molecule has 0 bridgehead atoms. The Balaban J connectivity index is 1.14. The summed E-state index contributed by atoms with van der Waals surface area (Å²) in [4.78, 5) is 50.3. The number of nitrogens with one attached hydrogen (secondary N) is 2. The monoisotopic (exact) mass is 905 g/mol. The third-order valence-electron chi connectivity index (χ3n) is 12.6. The second-order valence-electron chi connectivity index (χ2n) is 20.5. The molecule has 3 aromatic rings. The number of amidine groups is 1. The Morgan fingerprint density at radius 1 is 0.727 bits per heavy atom. The van der Waals surface area contributed by atoms with Crippen LogP contribution >= 0.6 is 0 Å². The van der Waals surface area contributed by atoms with E-state index in [0.717, 1.165) is 35.1 Å². The van der Waals surface area contributed by atoms with Gasteiger partial charge in [-0.25, -0.2) is 9.59 Å². The van der Waals surface area contributed by atoms with Gasteiger partial charge in [0.05, 0.1) is 11.8 Å². The first-order valence-corrected chi connectivity index (χ1v) is 24.9. The highest BCUT2D eigenvalue weighted by atomic mass is 16.7. The van der Waals surface area contributed by atoms with E-state index in [-0.39, 0.29) is 30.4 Å². The number of nitrogens with zero attached hydrogens (tertiary/aromatic N) is 2. The standard InChI is InChI=1S/C55H76N4O7/c1-8-9-10-11-12-13-14-15-16-17-18-19-20-24-35-56-51(61)44-36-45(44)55(42-31-33-43(34-32-42)63-38-48(60)64-53(2,3)4)49(40-25-22-21-23-26-40)57-50(58-55)41-29-27-39(28-30-41)46-37-47(66-59-46)52(62)65-54(5,6)7/h21-23,25-34,44-45,47,49H,8-20,24,35-38H2,1-7H3,(H,56,61)(H,57,58). The summed E-state index contributed by atoms with van der Waals surface area (Å²) < 4.78 is 16.9. The minimum Gasteiger partial charge on any atom is -0.482 e. The molecule has 0 radical (unpaired) electrons. The molecule has 6 rings (SSSR count). The highest BCUT2D eigenvalue weighted by Gasteiger charge is 2.62. The molecular formula is C55H76N4O7. The van der Waals surface area contributed by atoms with Crippen LogP contribution in [-0.2, 0) is 34.2 Å². The van der Waals surface area contributed by atoms with Crippen molar-refractivity contribution in [3.8, 4) is 5.75 Å². The predicted octanol–water partition coefficient (Wildman–Crippen LogP) is 11.5. The summed E-state index contributed by atoms with van der Waals surface area (Å²) in [6.45, 7) is 13.7. The SMILES string of the molecule is CCCCCCCCCCCCCCCCNC(=O)C1CC1C1(c2ccc(OCC(=O)OC(C)(C)C)cc2)N=C(c2ccc(C3=NOC(C(=O)OC(C)(C)C)C3)cc2)NC1c1ccccc1. The molecule has 1 fully saturated rings. The third-order valence-corrected chi connectivity index (χ3v) is 12.6. The lowest BCUT2D eigenvalue weighted by Crippen LogP contribution is -2.39. The van der Waals surface area contributed by atoms with Crippen molar-refractivity contribution in [2.45, 2.75) is 180 Å². The number of ether oxygens (including phenoxy) is 3. The molecule has 11 nitrogen and oxygen atoms in total. The maximum Gasteiger partial charge on any atom is 0.351 e. The van der Waals surface area contributed by atoms with Crippen molar-refractivity contribution in [3.63, 3.8) is 0 Å². The van der Waals surface area contributed by atoms with E-state index in [9.17, 15) is 14.4 Å². The average Bonchev–Trinajstić information content (AvgIpc) is 3.75. The van der Waals surface area contributed by atoms with Crippen LogP contribution in [0.4, 0.5) is 0 Å². The minimum atomic E-state index is -0.847. The first kappa shape index (κ1) is 50.2. The number of oxime groups is 1. The van der Waals surface area contributed by atoms with Crippen LogP contribution in [0.15, 0.2) is 89.0 Å². The molecule has 2 N–H and O–H groups in total. The van der Waals surface area contributed by atoms with Crippen molar-refractivity contribution in [1.82, 2.24) is 10.6 Å². The first-order valence-electron chi connectivity index (χ1n) is 24.9. The average molecular weight is 905 g/mol. The van der Waals surface area contributed by atoms with Crippen molar-refractivity contribution >= 4 is 29.4 Å². The van der Waals surface area contributed by atoms with E-state index in [1.165, 1.54) is 77.0 Å². The van der Waals surface area contributed by atoms with Gasteiger partial charge in [-0.05, 0) is 83.2 Å². The van der Waals surface area contributed by atoms with Gasteiger partial charge in [0.1, 0.15) is 28.3 Å². The summed E-state index contributed by atoms with van der Waals surface area (Å²) in [6.07, 6.45) is 18.4. The third kappa shape index (κ3) is 14.4. The summed E-state index contributed by atoms with van der Waals surface area (Å²) in [6, 6.07) is 25.7. The van der Waals surface area contributed by atoms with Gasteiger partial charge in [0.2, 0.25) is 12.0 Å². The van der Waals surface area contributed by atoms with E-state index in [2.05, 4.69) is 34.8 Å². The van der Waals surface area contributed by atoms with Crippen LogP contribution in [0.1, 0.15) is 179 Å². The van der Waals surface area contributed by atoms with Gasteiger partial charge in [-0.1, -0.05) is 162 Å². The van der Waals surface area contributed by atoms with Gasteiger partial charge in [0.15, 0.2) is 6.61 Å². The molecule has 1 amide bonds. The normalized spacial score (nSPS) is 21.3. The quantitative estimate of drug-likeness (QED) is 0.0633. The van der Waals surface area contributed by atoms with Crippen molar-refractivity contribution in [2.24, 2.45) is 22.0 Å². The van der Waals surface area contributed by atoms with Gasteiger partial charge in [0, 0.05) is 30.4 Å². The van der Waals surface area contributed by atoms with E-state index in [0.29, 0.717) is 36.7 Å². The van der Waals surface area contributed by atoms with Gasteiger partial charge < -0.3 is 29.7 Å². The smallest absolute Gasteiger partial charge is 0.351 e. The number of amides is 1. The van der Waals surface area contributed by atoms with Gasteiger partial charge >= 0.3 is 11.9 Å². The lowest BCUT2D eigenvalue weighted by atomic mass is 9.76. The maximum absolute atomic E-state index is 14.0. The molecule has 5 unspecified atom stereocenters. The van der Waals surface area contributed by atoms with E-state index in [1.807, 2.05) is 108 Å². The molecular weight excluding hydrogens is 829 g/mol. The van der Waals surface area contributed by atoms with E-state index < -0.39 is 34.8 Å². The summed E-state index contributed by atoms with van der Waals surface area (Å²) in [5.74, 6) is 0.149. The van der Waals surface area contributed by atoms with Crippen LogP contribution in [0.3, 0.4) is 0 Å². The molecule has 0 saturated heterocycles. The Bertz CT molecular complexity index is 2090. The van der Waals surface area contributed by atoms with Crippen LogP contribution in [0, 0.1) is 11.8 Å². The number of hydrogen-bond acceptors (Lipinski definition) is 10. The lowest BCUT2D eigenvalue weighted by molar-refractivity contribution is -0.167. The number of unbranched alkanes of at least 4 members (excludes halogenated alkanes) is 13. The molecule has 3 aliphatic rings. The molecule has 66 heavy (non-hydrogen) atoms. The summed E-state index contributed by atoms with van der Waals surface area (Å²) >= 11 is 0. The molecule has 5 atom stereocenters. The molecule has 2 aliphatic heterocycles. The molecule has 1 saturated carbocycles. The Kier molecular flexibility index (Phi) is 17.9. The Labute approximate surface area is 394 Å². The number of carbonyl (C=O) groups is 3. The largest absolute Gasteiger partial charge is 0.482 e. The molecule has 2 heterocycles. The van der Waals surface area contributed by atoms with Crippen LogP contribution in [0.5, 0.6) is 5.75 Å². The Morgan fingerprint density at radius 3 is 1.89 bits per heavy atom. The second kappa shape index (κ2) is 23.5. The fraction of sp³-hybridized carbons (Fsp3) is 0.582. The Hall–Kier alpha value is -5.19. The van der Waals surface area contributed by atoms with E-state index in [4.69, 9.17) is 24.0 Å². The van der Waals surface area contributed by atoms with Crippen LogP contribution in [-0.4, -0.2) is 59.9 Å². The minimum absolute atomic E-state index is 0.0791. The maximum atomic E-state index is 14.0. The van der Waals surface area contributed by atoms with Crippen molar-refractivity contribution in [2.75, 3.05) is 13.2 Å². The van der Waals surface area contributed by atoms with Gasteiger partial charge in [-0.3, -0.25) is 9.79 Å². The number of carbonyl (C=O) groups excluding carboxylic acids is 3. The summed E-state index contributed by atoms with van der Waals surface area (Å²) in [7, 11) is 0. The summed E-state index contributed by atoms with van der Waals surface area (Å²) in [5.41, 5.74) is 2.30. The van der Waals surface area contributed by atoms with Crippen molar-refractivity contribution in [3.05, 3.63) is 101 Å². The van der Waals surface area contributed by atoms with Gasteiger partial charge in [0.25, 0.3) is 0 Å². The highest BCUT2D eigenvalue weighted by Crippen LogP contribution is 2.60. The predicted molar refractivity (Wildman–Crippen MR) is 262 cm³/mol. The first-order chi connectivity index (χ1) is 31.7. The molecule has 358 valence electrons. The van der Waals surface area contributed by atoms with Gasteiger partial charge in [-0.15, -0.1) is 0 Å². The number of hydrogen-bond donors (Lipinski definition) is 2. The highest BCUT2D eigenvalue weighted by molar-refractivity contribution is 6.05. The molecule has 0 aromatic heterocycles. The zero-order valence-electron chi connectivity index (χ0n) is 40.8. The number of rotatable bonds is 25. The van der Waals surface area contributed by atoms with Crippen molar-refractivity contribution < 1.29 is 33.4 Å². The number of aliphatic imine (C=N–C) groups is 1. The molecule has 11 heteroatoms. The Morgan fingerprint density at radius 2 is 1.30 bits per heavy atom. The molecule has 0 spiro atoms. The lowest BCUT2D eigenvalue weighted by Gasteiger charge is -2.34. The number of esters is 2. The second-order valence-corrected chi connectivity index (χ2v) is 20.5. The van der Waals surface area contributed by atoms with Crippen molar-refractivity contribution in [1.29, 1.82) is 0 Å². The zero-order chi connectivity index (χ0) is 47.2. The van der Waals surface area contributed by atoms with E-state index in [1.54, 1.807) is 0 Å². The fourth-order valence-corrected chi connectivity index (χ4v) is 9.23. The topological polar surface area (TPSA) is 137 Å².